The zero-order chi connectivity index (χ0) is 18.4. The highest BCUT2D eigenvalue weighted by Crippen LogP contribution is 2.44. The number of benzene rings is 1. The summed E-state index contributed by atoms with van der Waals surface area (Å²) in [4.78, 5) is 0. The molecule has 1 aliphatic rings. The molecular weight excluding hydrogens is 384 g/mol. The van der Waals surface area contributed by atoms with Crippen molar-refractivity contribution in [2.24, 2.45) is 0 Å². The summed E-state index contributed by atoms with van der Waals surface area (Å²) in [5.41, 5.74) is 2.78. The van der Waals surface area contributed by atoms with Crippen molar-refractivity contribution in [2.45, 2.75) is 62.5 Å². The van der Waals surface area contributed by atoms with E-state index in [-0.39, 0.29) is 5.92 Å². The molecule has 0 saturated heterocycles. The van der Waals surface area contributed by atoms with E-state index in [2.05, 4.69) is 35.0 Å². The highest BCUT2D eigenvalue weighted by Gasteiger charge is 2.30. The van der Waals surface area contributed by atoms with Crippen LogP contribution in [0.15, 0.2) is 23.8 Å². The average Bonchev–Trinajstić information content (AvgIpc) is 2.60. The highest BCUT2D eigenvalue weighted by atomic mass is 79.9. The van der Waals surface area contributed by atoms with Gasteiger partial charge >= 0.3 is 0 Å². The Balaban J connectivity index is 2.39. The summed E-state index contributed by atoms with van der Waals surface area (Å²) >= 11 is 2.94. The minimum absolute atomic E-state index is 0.0366. The molecule has 0 aromatic heterocycles. The van der Waals surface area contributed by atoms with Gasteiger partial charge in [-0.3, -0.25) is 0 Å². The first-order chi connectivity index (χ1) is 11.9. The zero-order valence-corrected chi connectivity index (χ0v) is 16.9. The number of hydrogen-bond acceptors (Lipinski definition) is 4. The van der Waals surface area contributed by atoms with E-state index in [1.54, 1.807) is 14.2 Å². The molecule has 1 aromatic rings. The molecule has 1 atom stereocenters. The summed E-state index contributed by atoms with van der Waals surface area (Å²) in [6.07, 6.45) is 8.95. The number of hydrogen-bond donors (Lipinski definition) is 2. The average molecular weight is 413 g/mol. The lowest BCUT2D eigenvalue weighted by Gasteiger charge is -2.28. The first kappa shape index (κ1) is 20.3. The van der Waals surface area contributed by atoms with Crippen molar-refractivity contribution >= 4 is 15.9 Å². The summed E-state index contributed by atoms with van der Waals surface area (Å²) in [6, 6.07) is 4.18. The largest absolute Gasteiger partial charge is 0.496 e. The van der Waals surface area contributed by atoms with Crippen molar-refractivity contribution in [1.82, 2.24) is 0 Å². The maximum absolute atomic E-state index is 9.87. The lowest BCUT2D eigenvalue weighted by atomic mass is 9.83. The number of alkyl halides is 1. The van der Waals surface area contributed by atoms with Crippen molar-refractivity contribution in [3.05, 3.63) is 34.9 Å². The predicted molar refractivity (Wildman–Crippen MR) is 104 cm³/mol. The monoisotopic (exact) mass is 412 g/mol. The molecule has 0 fully saturated rings. The third-order valence-corrected chi connectivity index (χ3v) is 5.33. The van der Waals surface area contributed by atoms with Gasteiger partial charge in [0.2, 0.25) is 4.70 Å². The van der Waals surface area contributed by atoms with Crippen LogP contribution in [-0.4, -0.2) is 29.1 Å². The molecule has 0 amide bonds. The van der Waals surface area contributed by atoms with E-state index < -0.39 is 4.70 Å². The third-order valence-electron chi connectivity index (χ3n) is 4.82. The van der Waals surface area contributed by atoms with Crippen molar-refractivity contribution < 1.29 is 19.7 Å². The molecule has 0 heterocycles. The summed E-state index contributed by atoms with van der Waals surface area (Å²) in [5, 5.41) is 19.7. The SMILES string of the molecule is CCCCCc1cc(OC)c(C2C=C(C(O)(O)Br)CCC2)c(OC)c1. The Hall–Kier alpha value is -1.04. The van der Waals surface area contributed by atoms with Crippen LogP contribution in [0.5, 0.6) is 11.5 Å². The van der Waals surface area contributed by atoms with Gasteiger partial charge in [-0.2, -0.15) is 0 Å². The molecule has 1 aromatic carbocycles. The number of unbranched alkanes of at least 4 members (excludes halogenated alkanes) is 2. The topological polar surface area (TPSA) is 58.9 Å². The van der Waals surface area contributed by atoms with E-state index in [4.69, 9.17) is 9.47 Å². The summed E-state index contributed by atoms with van der Waals surface area (Å²) in [7, 11) is 3.35. The number of methoxy groups -OCH3 is 2. The van der Waals surface area contributed by atoms with Crippen molar-refractivity contribution in [3.63, 3.8) is 0 Å². The Kier molecular flexibility index (Phi) is 7.35. The second kappa shape index (κ2) is 9.06. The molecule has 4 nitrogen and oxygen atoms in total. The van der Waals surface area contributed by atoms with E-state index in [9.17, 15) is 10.2 Å². The molecule has 140 valence electrons. The van der Waals surface area contributed by atoms with Crippen molar-refractivity contribution in [1.29, 1.82) is 0 Å². The van der Waals surface area contributed by atoms with Gasteiger partial charge in [-0.1, -0.05) is 25.8 Å². The van der Waals surface area contributed by atoms with Crippen LogP contribution in [-0.2, 0) is 6.42 Å². The third kappa shape index (κ3) is 5.22. The second-order valence-corrected chi connectivity index (χ2v) is 7.75. The van der Waals surface area contributed by atoms with Crippen LogP contribution in [0, 0.1) is 0 Å². The Morgan fingerprint density at radius 1 is 1.16 bits per heavy atom. The van der Waals surface area contributed by atoms with Crippen LogP contribution < -0.4 is 9.47 Å². The molecule has 5 heteroatoms. The molecule has 25 heavy (non-hydrogen) atoms. The van der Waals surface area contributed by atoms with Crippen LogP contribution >= 0.6 is 15.9 Å². The van der Waals surface area contributed by atoms with Gasteiger partial charge in [-0.15, -0.1) is 0 Å². The number of allylic oxidation sites excluding steroid dienone is 1. The highest BCUT2D eigenvalue weighted by molar-refractivity contribution is 9.10. The number of halogens is 1. The maximum atomic E-state index is 9.87. The van der Waals surface area contributed by atoms with Gasteiger partial charge < -0.3 is 19.7 Å². The molecule has 0 saturated carbocycles. The minimum atomic E-state index is -1.95. The van der Waals surface area contributed by atoms with Gasteiger partial charge in [0.15, 0.2) is 0 Å². The van der Waals surface area contributed by atoms with E-state index in [0.29, 0.717) is 12.0 Å². The predicted octanol–water partition coefficient (Wildman–Crippen LogP) is 4.66. The molecule has 1 unspecified atom stereocenters. The van der Waals surface area contributed by atoms with Crippen LogP contribution in [0.2, 0.25) is 0 Å². The standard InChI is InChI=1S/C20H29BrO4/c1-4-5-6-8-14-11-17(24-2)19(18(12-14)25-3)15-9-7-10-16(13-15)20(21,22)23/h11-13,15,22-23H,4-10H2,1-3H3. The fraction of sp³-hybridized carbons (Fsp3) is 0.600. The van der Waals surface area contributed by atoms with Gasteiger partial charge in [-0.05, 0) is 71.3 Å². The number of aliphatic hydroxyl groups is 2. The normalized spacial score (nSPS) is 18.0. The molecule has 0 spiro atoms. The molecule has 0 radical (unpaired) electrons. The van der Waals surface area contributed by atoms with Crippen molar-refractivity contribution in [3.8, 4) is 11.5 Å². The lowest BCUT2D eigenvalue weighted by Crippen LogP contribution is -2.24. The van der Waals surface area contributed by atoms with Crippen LogP contribution in [0.4, 0.5) is 0 Å². The summed E-state index contributed by atoms with van der Waals surface area (Å²) in [6.45, 7) is 2.20. The Labute approximate surface area is 159 Å². The molecule has 0 aliphatic heterocycles. The molecule has 2 rings (SSSR count). The van der Waals surface area contributed by atoms with Gasteiger partial charge in [0.25, 0.3) is 0 Å². The quantitative estimate of drug-likeness (QED) is 0.282. The van der Waals surface area contributed by atoms with Crippen LogP contribution in [0.1, 0.15) is 62.5 Å². The van der Waals surface area contributed by atoms with Gasteiger partial charge in [0.05, 0.1) is 14.2 Å². The maximum Gasteiger partial charge on any atom is 0.244 e. The second-order valence-electron chi connectivity index (χ2n) is 6.65. The Morgan fingerprint density at radius 2 is 1.80 bits per heavy atom. The van der Waals surface area contributed by atoms with E-state index in [1.165, 1.54) is 18.4 Å². The van der Waals surface area contributed by atoms with Crippen LogP contribution in [0.25, 0.3) is 0 Å². The van der Waals surface area contributed by atoms with E-state index in [0.717, 1.165) is 42.7 Å². The molecular formula is C20H29BrO4. The first-order valence-electron chi connectivity index (χ1n) is 9.00. The fourth-order valence-electron chi connectivity index (χ4n) is 3.50. The van der Waals surface area contributed by atoms with Gasteiger partial charge in [0.1, 0.15) is 11.5 Å². The molecule has 2 N–H and O–H groups in total. The van der Waals surface area contributed by atoms with Crippen molar-refractivity contribution in [2.75, 3.05) is 14.2 Å². The van der Waals surface area contributed by atoms with E-state index in [1.807, 2.05) is 6.08 Å². The Bertz CT molecular complexity index is 579. The molecule has 0 bridgehead atoms. The first-order valence-corrected chi connectivity index (χ1v) is 9.79. The van der Waals surface area contributed by atoms with Crippen LogP contribution in [0.3, 0.4) is 0 Å². The molecule has 1 aliphatic carbocycles. The van der Waals surface area contributed by atoms with E-state index >= 15 is 0 Å². The number of aryl methyl sites for hydroxylation is 1. The smallest absolute Gasteiger partial charge is 0.244 e. The number of rotatable bonds is 8. The summed E-state index contributed by atoms with van der Waals surface area (Å²) in [5.74, 6) is 1.66. The number of ether oxygens (including phenoxy) is 2. The zero-order valence-electron chi connectivity index (χ0n) is 15.3. The van der Waals surface area contributed by atoms with Gasteiger partial charge in [-0.25, -0.2) is 0 Å². The minimum Gasteiger partial charge on any atom is -0.496 e. The lowest BCUT2D eigenvalue weighted by molar-refractivity contribution is -0.0397. The fourth-order valence-corrected chi connectivity index (χ4v) is 3.83. The summed E-state index contributed by atoms with van der Waals surface area (Å²) < 4.78 is 9.37. The van der Waals surface area contributed by atoms with Gasteiger partial charge in [0, 0.05) is 11.5 Å². The Morgan fingerprint density at radius 3 is 2.32 bits per heavy atom.